The maximum absolute atomic E-state index is 5.87. The number of benzene rings is 2. The zero-order valence-electron chi connectivity index (χ0n) is 20.4. The van der Waals surface area contributed by atoms with Crippen LogP contribution in [0.4, 0.5) is 0 Å². The molecule has 0 aliphatic heterocycles. The van der Waals surface area contributed by atoms with Crippen molar-refractivity contribution in [1.82, 2.24) is 0 Å². The normalized spacial score (nSPS) is 12.0. The summed E-state index contributed by atoms with van der Waals surface area (Å²) in [6.45, 7) is 13.2. The van der Waals surface area contributed by atoms with Crippen LogP contribution in [-0.2, 0) is 16.7 Å². The monoisotopic (exact) mass is 447 g/mol. The fourth-order valence-corrected chi connectivity index (χ4v) is 3.59. The zero-order valence-corrected chi connectivity index (χ0v) is 21.1. The first kappa shape index (κ1) is 27.5. The van der Waals surface area contributed by atoms with Crippen LogP contribution in [0, 0.1) is 5.92 Å². The molecule has 0 N–H and O–H groups in total. The van der Waals surface area contributed by atoms with Crippen LogP contribution in [0.5, 0.6) is 5.75 Å². The average molecular weight is 448 g/mol. The third kappa shape index (κ3) is 10.5. The number of hydrogen-bond acceptors (Lipinski definition) is 2. The first-order valence-electron chi connectivity index (χ1n) is 11.3. The van der Waals surface area contributed by atoms with Crippen LogP contribution in [0.1, 0.15) is 51.7 Å². The highest BCUT2D eigenvalue weighted by Gasteiger charge is 2.20. The van der Waals surface area contributed by atoms with Crippen LogP contribution in [0.15, 0.2) is 54.6 Å². The van der Waals surface area contributed by atoms with Crippen molar-refractivity contribution in [2.24, 2.45) is 5.92 Å². The van der Waals surface area contributed by atoms with Crippen molar-refractivity contribution in [2.45, 2.75) is 52.5 Å². The molecule has 0 amide bonds. The van der Waals surface area contributed by atoms with Crippen molar-refractivity contribution >= 4 is 0 Å². The van der Waals surface area contributed by atoms with Crippen molar-refractivity contribution < 1.29 is 26.4 Å². The van der Waals surface area contributed by atoms with Gasteiger partial charge in [0.05, 0.1) is 27.3 Å². The van der Waals surface area contributed by atoms with Crippen molar-refractivity contribution in [2.75, 3.05) is 40.5 Å². The van der Waals surface area contributed by atoms with E-state index in [2.05, 4.69) is 96.4 Å². The summed E-state index contributed by atoms with van der Waals surface area (Å²) >= 11 is 0. The van der Waals surface area contributed by atoms with Crippen molar-refractivity contribution in [3.63, 3.8) is 0 Å². The molecule has 2 aromatic rings. The van der Waals surface area contributed by atoms with E-state index in [0.717, 1.165) is 35.8 Å². The molecule has 2 rings (SSSR count). The SMILES string of the molecule is CC(C)CCC(C)(C)c1ccc(OCCOCC[N+](C)(C)Cc2ccccc2)cc1.[Cl-]. The Hall–Kier alpha value is -1.55. The highest BCUT2D eigenvalue weighted by Crippen LogP contribution is 2.31. The van der Waals surface area contributed by atoms with E-state index >= 15 is 0 Å². The molecule has 31 heavy (non-hydrogen) atoms. The maximum atomic E-state index is 5.87. The molecule has 0 spiro atoms. The Balaban J connectivity index is 0.00000480. The van der Waals surface area contributed by atoms with Crippen LogP contribution in [0.25, 0.3) is 0 Å². The van der Waals surface area contributed by atoms with Gasteiger partial charge in [-0.3, -0.25) is 0 Å². The molecule has 2 aromatic carbocycles. The second-order valence-corrected chi connectivity index (χ2v) is 10.1. The molecule has 0 atom stereocenters. The fourth-order valence-electron chi connectivity index (χ4n) is 3.59. The summed E-state index contributed by atoms with van der Waals surface area (Å²) in [6, 6.07) is 19.2. The second-order valence-electron chi connectivity index (χ2n) is 10.1. The summed E-state index contributed by atoms with van der Waals surface area (Å²) in [5.74, 6) is 1.66. The molecule has 3 nitrogen and oxygen atoms in total. The number of quaternary nitrogens is 1. The van der Waals surface area contributed by atoms with Crippen LogP contribution in [0.3, 0.4) is 0 Å². The van der Waals surface area contributed by atoms with E-state index < -0.39 is 0 Å². The maximum Gasteiger partial charge on any atom is 0.119 e. The molecule has 0 saturated heterocycles. The van der Waals surface area contributed by atoms with E-state index in [9.17, 15) is 0 Å². The van der Waals surface area contributed by atoms with Gasteiger partial charge in [0.2, 0.25) is 0 Å². The van der Waals surface area contributed by atoms with Crippen molar-refractivity contribution in [3.05, 3.63) is 65.7 Å². The lowest BCUT2D eigenvalue weighted by Crippen LogP contribution is -3.00. The van der Waals surface area contributed by atoms with Crippen LogP contribution in [-0.4, -0.2) is 44.9 Å². The Labute approximate surface area is 196 Å². The van der Waals surface area contributed by atoms with E-state index in [-0.39, 0.29) is 17.8 Å². The minimum Gasteiger partial charge on any atom is -1.00 e. The van der Waals surface area contributed by atoms with Gasteiger partial charge in [-0.05, 0) is 35.4 Å². The molecule has 0 saturated carbocycles. The van der Waals surface area contributed by atoms with Gasteiger partial charge in [-0.15, -0.1) is 0 Å². The van der Waals surface area contributed by atoms with Gasteiger partial charge in [-0.25, -0.2) is 0 Å². The standard InChI is InChI=1S/C27H42NO2.ClH/c1-23(2)16-17-27(3,4)25-12-14-26(15-13-25)30-21-20-29-19-18-28(5,6)22-24-10-8-7-9-11-24;/h7-15,23H,16-22H2,1-6H3;1H/q+1;/p-1. The summed E-state index contributed by atoms with van der Waals surface area (Å²) in [4.78, 5) is 0. The lowest BCUT2D eigenvalue weighted by molar-refractivity contribution is -0.904. The quantitative estimate of drug-likeness (QED) is 0.347. The predicted octanol–water partition coefficient (Wildman–Crippen LogP) is 3.08. The fraction of sp³-hybridized carbons (Fsp3) is 0.556. The van der Waals surface area contributed by atoms with Gasteiger partial charge in [0, 0.05) is 5.56 Å². The Kier molecular flexibility index (Phi) is 11.6. The van der Waals surface area contributed by atoms with E-state index in [1.807, 2.05) is 0 Å². The molecule has 0 aliphatic carbocycles. The van der Waals surface area contributed by atoms with E-state index in [1.165, 1.54) is 24.0 Å². The van der Waals surface area contributed by atoms with Gasteiger partial charge >= 0.3 is 0 Å². The molecule has 0 radical (unpaired) electrons. The molecular weight excluding hydrogens is 406 g/mol. The molecule has 0 bridgehead atoms. The third-order valence-electron chi connectivity index (χ3n) is 5.77. The molecule has 0 heterocycles. The summed E-state index contributed by atoms with van der Waals surface area (Å²) < 4.78 is 12.6. The van der Waals surface area contributed by atoms with Gasteiger partial charge in [-0.2, -0.15) is 0 Å². The van der Waals surface area contributed by atoms with Gasteiger partial charge in [0.25, 0.3) is 0 Å². The number of likely N-dealkylation sites (N-methyl/N-ethyl adjacent to an activating group) is 1. The molecule has 0 fully saturated rings. The number of nitrogens with zero attached hydrogens (tertiary/aromatic N) is 1. The predicted molar refractivity (Wildman–Crippen MR) is 127 cm³/mol. The Morgan fingerprint density at radius 2 is 1.52 bits per heavy atom. The van der Waals surface area contributed by atoms with Crippen LogP contribution in [0.2, 0.25) is 0 Å². The zero-order chi connectivity index (χ0) is 22.0. The van der Waals surface area contributed by atoms with Gasteiger partial charge in [0.1, 0.15) is 25.4 Å². The Morgan fingerprint density at radius 1 is 0.871 bits per heavy atom. The summed E-state index contributed by atoms with van der Waals surface area (Å²) in [6.07, 6.45) is 2.46. The highest BCUT2D eigenvalue weighted by molar-refractivity contribution is 5.31. The first-order chi connectivity index (χ1) is 14.2. The number of halogens is 1. The number of rotatable bonds is 13. The Bertz CT molecular complexity index is 727. The molecule has 0 aliphatic rings. The lowest BCUT2D eigenvalue weighted by Gasteiger charge is -2.29. The van der Waals surface area contributed by atoms with Crippen LogP contribution >= 0.6 is 0 Å². The van der Waals surface area contributed by atoms with Crippen molar-refractivity contribution in [3.8, 4) is 5.75 Å². The third-order valence-corrected chi connectivity index (χ3v) is 5.77. The minimum atomic E-state index is 0. The minimum absolute atomic E-state index is 0. The number of ether oxygens (including phenoxy) is 2. The average Bonchev–Trinajstić information content (AvgIpc) is 2.70. The molecule has 174 valence electrons. The van der Waals surface area contributed by atoms with Gasteiger partial charge in [-0.1, -0.05) is 76.6 Å². The van der Waals surface area contributed by atoms with Gasteiger partial charge in [0.15, 0.2) is 0 Å². The molecule has 0 unspecified atom stereocenters. The highest BCUT2D eigenvalue weighted by atomic mass is 35.5. The largest absolute Gasteiger partial charge is 1.00 e. The molecule has 4 heteroatoms. The van der Waals surface area contributed by atoms with Gasteiger partial charge < -0.3 is 26.4 Å². The van der Waals surface area contributed by atoms with E-state index in [4.69, 9.17) is 9.47 Å². The Morgan fingerprint density at radius 3 is 2.13 bits per heavy atom. The van der Waals surface area contributed by atoms with Crippen molar-refractivity contribution in [1.29, 1.82) is 0 Å². The van der Waals surface area contributed by atoms with E-state index in [1.54, 1.807) is 0 Å². The smallest absolute Gasteiger partial charge is 0.119 e. The lowest BCUT2D eigenvalue weighted by atomic mass is 9.79. The summed E-state index contributed by atoms with van der Waals surface area (Å²) in [5, 5.41) is 0. The van der Waals surface area contributed by atoms with E-state index in [0.29, 0.717) is 13.2 Å². The second kappa shape index (κ2) is 13.1. The first-order valence-corrected chi connectivity index (χ1v) is 11.3. The molecule has 0 aromatic heterocycles. The molecular formula is C27H42ClNO2. The summed E-state index contributed by atoms with van der Waals surface area (Å²) in [5.41, 5.74) is 2.95. The summed E-state index contributed by atoms with van der Waals surface area (Å²) in [7, 11) is 4.49. The van der Waals surface area contributed by atoms with Crippen LogP contribution < -0.4 is 17.1 Å². The topological polar surface area (TPSA) is 18.5 Å². The number of hydrogen-bond donors (Lipinski definition) is 0.